The van der Waals surface area contributed by atoms with E-state index in [0.29, 0.717) is 24.6 Å². The fourth-order valence-corrected chi connectivity index (χ4v) is 4.77. The SMILES string of the molecule is COc1ccc(CN2CCCN(C(=O)C3CC(=O)N(c4ccc5c(c4)OCO5)C3)CC2)cc1. The number of fused-ring (bicyclic) bond motifs is 1. The number of hydrogen-bond donors (Lipinski definition) is 0. The summed E-state index contributed by atoms with van der Waals surface area (Å²) in [5.74, 6) is 1.92. The summed E-state index contributed by atoms with van der Waals surface area (Å²) >= 11 is 0. The van der Waals surface area contributed by atoms with Crippen molar-refractivity contribution in [2.24, 2.45) is 5.92 Å². The van der Waals surface area contributed by atoms with Crippen LogP contribution < -0.4 is 19.1 Å². The standard InChI is InChI=1S/C25H29N3O5/c1-31-21-6-3-18(4-7-21)15-26-9-2-10-27(12-11-26)25(30)19-13-24(29)28(16-19)20-5-8-22-23(14-20)33-17-32-22/h3-8,14,19H,2,9-13,15-17H2,1H3. The van der Waals surface area contributed by atoms with Crippen molar-refractivity contribution in [1.29, 1.82) is 0 Å². The molecular formula is C25H29N3O5. The molecular weight excluding hydrogens is 422 g/mol. The summed E-state index contributed by atoms with van der Waals surface area (Å²) in [6.07, 6.45) is 1.17. The van der Waals surface area contributed by atoms with Gasteiger partial charge in [0.1, 0.15) is 5.75 Å². The molecule has 1 unspecified atom stereocenters. The first kappa shape index (κ1) is 21.6. The minimum absolute atomic E-state index is 0.0248. The molecule has 0 radical (unpaired) electrons. The summed E-state index contributed by atoms with van der Waals surface area (Å²) in [7, 11) is 1.67. The van der Waals surface area contributed by atoms with Gasteiger partial charge in [0.15, 0.2) is 11.5 Å². The Balaban J connectivity index is 1.18. The Kier molecular flexibility index (Phi) is 6.09. The van der Waals surface area contributed by atoms with E-state index in [9.17, 15) is 9.59 Å². The lowest BCUT2D eigenvalue weighted by Crippen LogP contribution is -2.39. The number of benzene rings is 2. The monoisotopic (exact) mass is 451 g/mol. The van der Waals surface area contributed by atoms with Crippen LogP contribution in [0.25, 0.3) is 0 Å². The highest BCUT2D eigenvalue weighted by molar-refractivity contribution is 6.00. The Morgan fingerprint density at radius 1 is 1.03 bits per heavy atom. The molecule has 0 spiro atoms. The second kappa shape index (κ2) is 9.31. The molecule has 1 atom stereocenters. The van der Waals surface area contributed by atoms with Crippen molar-refractivity contribution >= 4 is 17.5 Å². The first-order chi connectivity index (χ1) is 16.1. The highest BCUT2D eigenvalue weighted by atomic mass is 16.7. The van der Waals surface area contributed by atoms with Gasteiger partial charge in [0.2, 0.25) is 18.6 Å². The summed E-state index contributed by atoms with van der Waals surface area (Å²) in [5, 5.41) is 0. The average molecular weight is 452 g/mol. The molecule has 2 fully saturated rings. The third-order valence-corrected chi connectivity index (χ3v) is 6.61. The molecule has 0 aromatic heterocycles. The maximum atomic E-state index is 13.3. The third kappa shape index (κ3) is 4.61. The maximum absolute atomic E-state index is 13.3. The smallest absolute Gasteiger partial charge is 0.231 e. The number of anilines is 1. The minimum atomic E-state index is -0.309. The second-order valence-electron chi connectivity index (χ2n) is 8.75. The molecule has 174 valence electrons. The van der Waals surface area contributed by atoms with Gasteiger partial charge < -0.3 is 24.0 Å². The number of methoxy groups -OCH3 is 1. The van der Waals surface area contributed by atoms with Gasteiger partial charge in [0.05, 0.1) is 13.0 Å². The van der Waals surface area contributed by atoms with Gasteiger partial charge >= 0.3 is 0 Å². The van der Waals surface area contributed by atoms with Crippen LogP contribution in [-0.2, 0) is 16.1 Å². The zero-order valence-electron chi connectivity index (χ0n) is 18.9. The first-order valence-electron chi connectivity index (χ1n) is 11.4. The fraction of sp³-hybridized carbons (Fsp3) is 0.440. The second-order valence-corrected chi connectivity index (χ2v) is 8.75. The van der Waals surface area contributed by atoms with Crippen LogP contribution in [0.5, 0.6) is 17.2 Å². The molecule has 2 aromatic carbocycles. The van der Waals surface area contributed by atoms with Gasteiger partial charge in [-0.05, 0) is 36.2 Å². The van der Waals surface area contributed by atoms with E-state index in [-0.39, 0.29) is 30.9 Å². The van der Waals surface area contributed by atoms with Crippen LogP contribution in [-0.4, -0.2) is 68.2 Å². The van der Waals surface area contributed by atoms with Gasteiger partial charge in [-0.25, -0.2) is 0 Å². The van der Waals surface area contributed by atoms with Gasteiger partial charge in [-0.2, -0.15) is 0 Å². The van der Waals surface area contributed by atoms with Gasteiger partial charge in [-0.3, -0.25) is 14.5 Å². The van der Waals surface area contributed by atoms with E-state index in [1.54, 1.807) is 12.0 Å². The molecule has 0 aliphatic carbocycles. The number of ether oxygens (including phenoxy) is 3. The minimum Gasteiger partial charge on any atom is -0.497 e. The lowest BCUT2D eigenvalue weighted by atomic mass is 10.1. The molecule has 5 rings (SSSR count). The normalized spacial score (nSPS) is 20.8. The van der Waals surface area contributed by atoms with Gasteiger partial charge in [-0.15, -0.1) is 0 Å². The Labute approximate surface area is 193 Å². The van der Waals surface area contributed by atoms with Crippen molar-refractivity contribution in [3.05, 3.63) is 48.0 Å². The van der Waals surface area contributed by atoms with E-state index in [2.05, 4.69) is 17.0 Å². The molecule has 3 aliphatic heterocycles. The van der Waals surface area contributed by atoms with Crippen molar-refractivity contribution in [3.63, 3.8) is 0 Å². The van der Waals surface area contributed by atoms with Crippen molar-refractivity contribution in [1.82, 2.24) is 9.80 Å². The van der Waals surface area contributed by atoms with E-state index in [1.165, 1.54) is 5.56 Å². The van der Waals surface area contributed by atoms with E-state index >= 15 is 0 Å². The van der Waals surface area contributed by atoms with Gasteiger partial charge in [-0.1, -0.05) is 12.1 Å². The molecule has 3 aliphatic rings. The summed E-state index contributed by atoms with van der Waals surface area (Å²) in [6, 6.07) is 13.6. The van der Waals surface area contributed by atoms with Crippen LogP contribution in [0.4, 0.5) is 5.69 Å². The van der Waals surface area contributed by atoms with E-state index in [1.807, 2.05) is 35.2 Å². The molecule has 33 heavy (non-hydrogen) atoms. The van der Waals surface area contributed by atoms with Gasteiger partial charge in [0.25, 0.3) is 0 Å². The molecule has 2 aromatic rings. The molecule has 0 bridgehead atoms. The molecule has 2 amide bonds. The van der Waals surface area contributed by atoms with Crippen molar-refractivity contribution in [3.8, 4) is 17.2 Å². The van der Waals surface area contributed by atoms with Crippen molar-refractivity contribution in [2.75, 3.05) is 51.5 Å². The molecule has 2 saturated heterocycles. The van der Waals surface area contributed by atoms with Crippen molar-refractivity contribution in [2.45, 2.75) is 19.4 Å². The van der Waals surface area contributed by atoms with E-state index in [0.717, 1.165) is 44.0 Å². The number of carbonyl (C=O) groups is 2. The number of amides is 2. The first-order valence-corrected chi connectivity index (χ1v) is 11.4. The fourth-order valence-electron chi connectivity index (χ4n) is 4.77. The van der Waals surface area contributed by atoms with Crippen LogP contribution in [0.2, 0.25) is 0 Å². The van der Waals surface area contributed by atoms with Crippen LogP contribution in [0, 0.1) is 5.92 Å². The molecule has 0 N–H and O–H groups in total. The van der Waals surface area contributed by atoms with Crippen molar-refractivity contribution < 1.29 is 23.8 Å². The largest absolute Gasteiger partial charge is 0.497 e. The Morgan fingerprint density at radius 2 is 1.85 bits per heavy atom. The van der Waals surface area contributed by atoms with E-state index in [4.69, 9.17) is 14.2 Å². The predicted octanol–water partition coefficient (Wildman–Crippen LogP) is 2.51. The highest BCUT2D eigenvalue weighted by Gasteiger charge is 2.38. The van der Waals surface area contributed by atoms with Crippen LogP contribution in [0.3, 0.4) is 0 Å². The van der Waals surface area contributed by atoms with E-state index < -0.39 is 0 Å². The average Bonchev–Trinajstić information content (AvgIpc) is 3.39. The Morgan fingerprint density at radius 3 is 2.67 bits per heavy atom. The number of carbonyl (C=O) groups excluding carboxylic acids is 2. The molecule has 0 saturated carbocycles. The summed E-state index contributed by atoms with van der Waals surface area (Å²) in [6.45, 7) is 4.64. The molecule has 8 heteroatoms. The quantitative estimate of drug-likeness (QED) is 0.696. The summed E-state index contributed by atoms with van der Waals surface area (Å²) < 4.78 is 16.0. The van der Waals surface area contributed by atoms with Crippen LogP contribution >= 0.6 is 0 Å². The third-order valence-electron chi connectivity index (χ3n) is 6.61. The molecule has 3 heterocycles. The maximum Gasteiger partial charge on any atom is 0.231 e. The lowest BCUT2D eigenvalue weighted by molar-refractivity contribution is -0.135. The summed E-state index contributed by atoms with van der Waals surface area (Å²) in [5.41, 5.74) is 1.98. The zero-order chi connectivity index (χ0) is 22.8. The predicted molar refractivity (Wildman–Crippen MR) is 122 cm³/mol. The number of hydrogen-bond acceptors (Lipinski definition) is 6. The zero-order valence-corrected chi connectivity index (χ0v) is 18.9. The van der Waals surface area contributed by atoms with Gasteiger partial charge in [0, 0.05) is 57.4 Å². The van der Waals surface area contributed by atoms with Crippen LogP contribution in [0.15, 0.2) is 42.5 Å². The number of nitrogens with zero attached hydrogens (tertiary/aromatic N) is 3. The van der Waals surface area contributed by atoms with Crippen LogP contribution in [0.1, 0.15) is 18.4 Å². The Hall–Kier alpha value is -3.26. The lowest BCUT2D eigenvalue weighted by Gasteiger charge is -2.24. The molecule has 8 nitrogen and oxygen atoms in total. The number of rotatable bonds is 5. The summed E-state index contributed by atoms with van der Waals surface area (Å²) in [4.78, 5) is 32.0. The Bertz CT molecular complexity index is 1030. The highest BCUT2D eigenvalue weighted by Crippen LogP contribution is 2.37. The topological polar surface area (TPSA) is 71.6 Å².